The first-order valence-electron chi connectivity index (χ1n) is 6.94. The Morgan fingerprint density at radius 3 is 2.57 bits per heavy atom. The van der Waals surface area contributed by atoms with Crippen LogP contribution in [-0.4, -0.2) is 60.0 Å². The summed E-state index contributed by atoms with van der Waals surface area (Å²) in [6.45, 7) is 1.56. The van der Waals surface area contributed by atoms with Crippen molar-refractivity contribution >= 4 is 29.3 Å². The molecule has 0 saturated carbocycles. The smallest absolute Gasteiger partial charge is 0.328 e. The Morgan fingerprint density at radius 1 is 1.33 bits per heavy atom. The van der Waals surface area contributed by atoms with Gasteiger partial charge in [-0.15, -0.1) is 11.3 Å². The second kappa shape index (κ2) is 6.87. The molecule has 2 rings (SSSR count). The number of carboxylic acid groups (broad SMARTS) is 1. The summed E-state index contributed by atoms with van der Waals surface area (Å²) in [7, 11) is 4.14. The zero-order valence-corrected chi connectivity index (χ0v) is 13.1. The van der Waals surface area contributed by atoms with Gasteiger partial charge in [0.15, 0.2) is 0 Å². The summed E-state index contributed by atoms with van der Waals surface area (Å²) in [4.78, 5) is 28.4. The fourth-order valence-corrected chi connectivity index (χ4v) is 3.33. The predicted molar refractivity (Wildman–Crippen MR) is 83.6 cm³/mol. The highest BCUT2D eigenvalue weighted by Crippen LogP contribution is 2.22. The number of thiophene rings is 1. The van der Waals surface area contributed by atoms with E-state index in [4.69, 9.17) is 5.11 Å². The van der Waals surface area contributed by atoms with E-state index < -0.39 is 5.97 Å². The number of carbonyl (C=O) groups excluding carboxylic acids is 1. The number of likely N-dealkylation sites (tertiary alicyclic amines) is 1. The molecule has 2 heterocycles. The summed E-state index contributed by atoms with van der Waals surface area (Å²) in [5.41, 5.74) is 0. The van der Waals surface area contributed by atoms with Gasteiger partial charge in [-0.05, 0) is 45.1 Å². The van der Waals surface area contributed by atoms with Crippen LogP contribution in [0.4, 0.5) is 0 Å². The van der Waals surface area contributed by atoms with Crippen molar-refractivity contribution in [2.75, 3.05) is 27.2 Å². The lowest BCUT2D eigenvalue weighted by molar-refractivity contribution is -0.131. The molecule has 0 aliphatic carbocycles. The zero-order chi connectivity index (χ0) is 15.4. The fraction of sp³-hybridized carbons (Fsp3) is 0.467. The molecule has 5 nitrogen and oxygen atoms in total. The molecule has 1 fully saturated rings. The van der Waals surface area contributed by atoms with E-state index in [0.717, 1.165) is 36.9 Å². The Labute approximate surface area is 128 Å². The number of hydrogen-bond acceptors (Lipinski definition) is 4. The minimum atomic E-state index is -0.984. The lowest BCUT2D eigenvalue weighted by atomic mass is 10.0. The van der Waals surface area contributed by atoms with Gasteiger partial charge < -0.3 is 14.9 Å². The van der Waals surface area contributed by atoms with Crippen LogP contribution in [0.15, 0.2) is 18.2 Å². The van der Waals surface area contributed by atoms with Crippen molar-refractivity contribution in [1.82, 2.24) is 9.80 Å². The summed E-state index contributed by atoms with van der Waals surface area (Å²) >= 11 is 1.33. The molecular weight excluding hydrogens is 288 g/mol. The van der Waals surface area contributed by atoms with Crippen LogP contribution in [0, 0.1) is 0 Å². The Kier molecular flexibility index (Phi) is 5.14. The molecule has 0 aromatic carbocycles. The van der Waals surface area contributed by atoms with Gasteiger partial charge in [-0.1, -0.05) is 0 Å². The van der Waals surface area contributed by atoms with Crippen molar-refractivity contribution in [1.29, 1.82) is 0 Å². The van der Waals surface area contributed by atoms with Gasteiger partial charge in [-0.3, -0.25) is 4.79 Å². The van der Waals surface area contributed by atoms with Gasteiger partial charge in [0.05, 0.1) is 4.88 Å². The zero-order valence-electron chi connectivity index (χ0n) is 12.3. The molecule has 1 aromatic rings. The third-order valence-electron chi connectivity index (χ3n) is 3.71. The summed E-state index contributed by atoms with van der Waals surface area (Å²) in [6.07, 6.45) is 4.59. The summed E-state index contributed by atoms with van der Waals surface area (Å²) in [5, 5.41) is 8.60. The third-order valence-corrected chi connectivity index (χ3v) is 4.75. The van der Waals surface area contributed by atoms with Crippen molar-refractivity contribution in [3.63, 3.8) is 0 Å². The number of amides is 1. The van der Waals surface area contributed by atoms with Crippen molar-refractivity contribution in [2.45, 2.75) is 18.9 Å². The lowest BCUT2D eigenvalue weighted by Crippen LogP contribution is -2.44. The third kappa shape index (κ3) is 4.15. The SMILES string of the molecule is CN(C)C1CCN(C(=O)c2ccc(C=CC(=O)O)s2)CC1. The average Bonchev–Trinajstić information content (AvgIpc) is 2.93. The molecule has 6 heteroatoms. The van der Waals surface area contributed by atoms with Gasteiger partial charge in [0.25, 0.3) is 5.91 Å². The maximum atomic E-state index is 12.4. The van der Waals surface area contributed by atoms with Crippen LogP contribution in [0.2, 0.25) is 0 Å². The van der Waals surface area contributed by atoms with Gasteiger partial charge in [0.2, 0.25) is 0 Å². The second-order valence-electron chi connectivity index (χ2n) is 5.36. The molecule has 0 bridgehead atoms. The van der Waals surface area contributed by atoms with Gasteiger partial charge in [-0.25, -0.2) is 4.79 Å². The lowest BCUT2D eigenvalue weighted by Gasteiger charge is -2.35. The summed E-state index contributed by atoms with van der Waals surface area (Å²) in [6, 6.07) is 4.10. The number of carboxylic acids is 1. The first-order valence-corrected chi connectivity index (χ1v) is 7.75. The Hall–Kier alpha value is -1.66. The number of nitrogens with zero attached hydrogens (tertiary/aromatic N) is 2. The minimum absolute atomic E-state index is 0.0483. The van der Waals surface area contributed by atoms with Crippen LogP contribution in [0.3, 0.4) is 0 Å². The van der Waals surface area contributed by atoms with Crippen LogP contribution < -0.4 is 0 Å². The van der Waals surface area contributed by atoms with Crippen LogP contribution in [0.25, 0.3) is 6.08 Å². The molecule has 1 amide bonds. The van der Waals surface area contributed by atoms with E-state index in [1.54, 1.807) is 12.1 Å². The number of carbonyl (C=O) groups is 2. The molecule has 21 heavy (non-hydrogen) atoms. The van der Waals surface area contributed by atoms with E-state index in [0.29, 0.717) is 10.9 Å². The van der Waals surface area contributed by atoms with Crippen LogP contribution >= 0.6 is 11.3 Å². The van der Waals surface area contributed by atoms with Gasteiger partial charge in [0.1, 0.15) is 0 Å². The number of aliphatic carboxylic acids is 1. The summed E-state index contributed by atoms with van der Waals surface area (Å²) in [5.74, 6) is -0.936. The molecule has 1 saturated heterocycles. The maximum Gasteiger partial charge on any atom is 0.328 e. The second-order valence-corrected chi connectivity index (χ2v) is 6.48. The number of hydrogen-bond donors (Lipinski definition) is 1. The van der Waals surface area contributed by atoms with Gasteiger partial charge in [0, 0.05) is 30.1 Å². The standard InChI is InChI=1S/C15H20N2O3S/c1-16(2)11-7-9-17(10-8-11)15(20)13-5-3-12(21-13)4-6-14(18)19/h3-6,11H,7-10H2,1-2H3,(H,18,19). The average molecular weight is 308 g/mol. The van der Waals surface area contributed by atoms with Crippen molar-refractivity contribution < 1.29 is 14.7 Å². The Morgan fingerprint density at radius 2 is 2.00 bits per heavy atom. The van der Waals surface area contributed by atoms with Crippen molar-refractivity contribution in [3.8, 4) is 0 Å². The molecule has 0 radical (unpaired) electrons. The monoisotopic (exact) mass is 308 g/mol. The number of piperidine rings is 1. The Balaban J connectivity index is 1.96. The van der Waals surface area contributed by atoms with E-state index in [1.165, 1.54) is 17.4 Å². The molecule has 1 N–H and O–H groups in total. The molecule has 114 valence electrons. The first kappa shape index (κ1) is 15.7. The fourth-order valence-electron chi connectivity index (χ4n) is 2.45. The van der Waals surface area contributed by atoms with E-state index >= 15 is 0 Å². The van der Waals surface area contributed by atoms with E-state index in [1.807, 2.05) is 4.90 Å². The van der Waals surface area contributed by atoms with Gasteiger partial charge in [-0.2, -0.15) is 0 Å². The maximum absolute atomic E-state index is 12.4. The highest BCUT2D eigenvalue weighted by atomic mass is 32.1. The molecule has 1 aliphatic rings. The highest BCUT2D eigenvalue weighted by molar-refractivity contribution is 7.14. The first-order chi connectivity index (χ1) is 9.97. The van der Waals surface area contributed by atoms with Crippen LogP contribution in [0.1, 0.15) is 27.4 Å². The van der Waals surface area contributed by atoms with E-state index in [9.17, 15) is 9.59 Å². The summed E-state index contributed by atoms with van der Waals surface area (Å²) < 4.78 is 0. The largest absolute Gasteiger partial charge is 0.478 e. The molecular formula is C15H20N2O3S. The van der Waals surface area contributed by atoms with Crippen molar-refractivity contribution in [3.05, 3.63) is 28.0 Å². The van der Waals surface area contributed by atoms with E-state index in [-0.39, 0.29) is 5.91 Å². The van der Waals surface area contributed by atoms with Gasteiger partial charge >= 0.3 is 5.97 Å². The molecule has 1 aromatic heterocycles. The van der Waals surface area contributed by atoms with Crippen LogP contribution in [0.5, 0.6) is 0 Å². The molecule has 0 spiro atoms. The highest BCUT2D eigenvalue weighted by Gasteiger charge is 2.25. The minimum Gasteiger partial charge on any atom is -0.478 e. The Bertz CT molecular complexity index is 543. The molecule has 0 atom stereocenters. The van der Waals surface area contributed by atoms with E-state index in [2.05, 4.69) is 19.0 Å². The topological polar surface area (TPSA) is 60.9 Å². The van der Waals surface area contributed by atoms with Crippen LogP contribution in [-0.2, 0) is 4.79 Å². The number of rotatable bonds is 4. The predicted octanol–water partition coefficient (Wildman–Crippen LogP) is 2.01. The molecule has 1 aliphatic heterocycles. The molecule has 0 unspecified atom stereocenters. The quantitative estimate of drug-likeness (QED) is 0.864. The van der Waals surface area contributed by atoms with Crippen molar-refractivity contribution in [2.24, 2.45) is 0 Å². The normalized spacial score (nSPS) is 16.8.